The summed E-state index contributed by atoms with van der Waals surface area (Å²) in [6.45, 7) is 6.35. The molecule has 29 heavy (non-hydrogen) atoms. The number of allylic oxidation sites excluding steroid dienone is 2. The molecule has 158 valence electrons. The molecule has 0 aliphatic rings. The van der Waals surface area contributed by atoms with Crippen LogP contribution in [0.5, 0.6) is 5.75 Å². The highest BCUT2D eigenvalue weighted by Gasteiger charge is 2.20. The summed E-state index contributed by atoms with van der Waals surface area (Å²) in [6, 6.07) is 13.6. The fourth-order valence-electron chi connectivity index (χ4n) is 3.35. The Kier molecular flexibility index (Phi) is 8.90. The summed E-state index contributed by atoms with van der Waals surface area (Å²) in [4.78, 5) is 0. The zero-order valence-corrected chi connectivity index (χ0v) is 17.8. The van der Waals surface area contributed by atoms with Crippen molar-refractivity contribution in [3.8, 4) is 5.75 Å². The zero-order chi connectivity index (χ0) is 21.3. The van der Waals surface area contributed by atoms with Crippen molar-refractivity contribution in [2.45, 2.75) is 71.9 Å². The van der Waals surface area contributed by atoms with Crippen LogP contribution in [0.3, 0.4) is 0 Å². The number of aliphatic hydroxyl groups is 3. The monoisotopic (exact) mass is 398 g/mol. The average molecular weight is 399 g/mol. The lowest BCUT2D eigenvalue weighted by molar-refractivity contribution is 0.0246. The van der Waals surface area contributed by atoms with Crippen molar-refractivity contribution in [1.29, 1.82) is 0 Å². The van der Waals surface area contributed by atoms with E-state index >= 15 is 0 Å². The Balaban J connectivity index is 2.01. The van der Waals surface area contributed by atoms with Gasteiger partial charge in [0.05, 0.1) is 18.8 Å². The van der Waals surface area contributed by atoms with Crippen molar-refractivity contribution in [1.82, 2.24) is 0 Å². The summed E-state index contributed by atoms with van der Waals surface area (Å²) >= 11 is 0. The molecule has 0 saturated heterocycles. The van der Waals surface area contributed by atoms with Gasteiger partial charge in [-0.2, -0.15) is 0 Å². The maximum atomic E-state index is 10.4. The van der Waals surface area contributed by atoms with Gasteiger partial charge < -0.3 is 20.1 Å². The number of rotatable bonds is 11. The first-order valence-corrected chi connectivity index (χ1v) is 10.4. The Morgan fingerprint density at radius 2 is 1.72 bits per heavy atom. The minimum absolute atomic E-state index is 0.0847. The zero-order valence-electron chi connectivity index (χ0n) is 17.8. The van der Waals surface area contributed by atoms with E-state index in [1.807, 2.05) is 50.2 Å². The van der Waals surface area contributed by atoms with Gasteiger partial charge in [0.2, 0.25) is 0 Å². The van der Waals surface area contributed by atoms with Crippen LogP contribution < -0.4 is 4.74 Å². The minimum atomic E-state index is -0.569. The van der Waals surface area contributed by atoms with Crippen LogP contribution in [0.25, 0.3) is 5.57 Å². The second kappa shape index (κ2) is 11.1. The predicted octanol–water partition coefficient (Wildman–Crippen LogP) is 4.98. The third-order valence-electron chi connectivity index (χ3n) is 5.68. The van der Waals surface area contributed by atoms with Crippen molar-refractivity contribution >= 4 is 5.57 Å². The Bertz CT molecular complexity index is 806. The van der Waals surface area contributed by atoms with E-state index in [1.54, 1.807) is 0 Å². The first kappa shape index (κ1) is 23.1. The van der Waals surface area contributed by atoms with E-state index in [0.29, 0.717) is 6.61 Å². The Morgan fingerprint density at radius 1 is 1.00 bits per heavy atom. The second-order valence-corrected chi connectivity index (χ2v) is 7.59. The third kappa shape index (κ3) is 6.70. The predicted molar refractivity (Wildman–Crippen MR) is 117 cm³/mol. The van der Waals surface area contributed by atoms with Gasteiger partial charge in [-0.05, 0) is 78.6 Å². The molecule has 0 saturated carbocycles. The van der Waals surface area contributed by atoms with Gasteiger partial charge in [0.25, 0.3) is 0 Å². The summed E-state index contributed by atoms with van der Waals surface area (Å²) in [5, 5.41) is 29.2. The van der Waals surface area contributed by atoms with Crippen molar-refractivity contribution in [3.63, 3.8) is 0 Å². The number of hydrogen-bond acceptors (Lipinski definition) is 4. The van der Waals surface area contributed by atoms with E-state index in [0.717, 1.165) is 53.7 Å². The third-order valence-corrected chi connectivity index (χ3v) is 5.68. The topological polar surface area (TPSA) is 69.9 Å². The summed E-state index contributed by atoms with van der Waals surface area (Å²) in [5.41, 5.74) is 4.10. The molecule has 4 nitrogen and oxygen atoms in total. The van der Waals surface area contributed by atoms with Crippen molar-refractivity contribution < 1.29 is 20.1 Å². The van der Waals surface area contributed by atoms with E-state index < -0.39 is 5.60 Å². The molecule has 2 rings (SSSR count). The van der Waals surface area contributed by atoms with E-state index in [9.17, 15) is 15.3 Å². The van der Waals surface area contributed by atoms with E-state index in [4.69, 9.17) is 4.74 Å². The Labute approximate surface area is 174 Å². The highest BCUT2D eigenvalue weighted by molar-refractivity contribution is 5.64. The highest BCUT2D eigenvalue weighted by atomic mass is 16.5. The normalized spacial score (nSPS) is 12.3. The Morgan fingerprint density at radius 3 is 2.38 bits per heavy atom. The lowest BCUT2D eigenvalue weighted by atomic mass is 9.91. The SMILES string of the molecule is CCC(O)(CC)CCC=C(C)c1cccc(OCc2ccc(CO)c(CO)c2)c1. The van der Waals surface area contributed by atoms with Gasteiger partial charge in [-0.3, -0.25) is 0 Å². The average Bonchev–Trinajstić information content (AvgIpc) is 2.77. The molecule has 0 bridgehead atoms. The van der Waals surface area contributed by atoms with Crippen molar-refractivity contribution in [3.05, 3.63) is 70.8 Å². The number of ether oxygens (including phenoxy) is 1. The van der Waals surface area contributed by atoms with Gasteiger partial charge in [0.1, 0.15) is 12.4 Å². The summed E-state index contributed by atoms with van der Waals surface area (Å²) in [7, 11) is 0. The molecule has 4 heteroatoms. The van der Waals surface area contributed by atoms with Crippen molar-refractivity contribution in [2.75, 3.05) is 0 Å². The van der Waals surface area contributed by atoms with Gasteiger partial charge in [0, 0.05) is 0 Å². The standard InChI is InChI=1S/C25H34O4/c1-4-25(28,5-2)13-7-8-19(3)21-9-6-10-24(15-21)29-18-20-11-12-22(16-26)23(14-20)17-27/h6,8-12,14-15,26-28H,4-5,7,13,16-18H2,1-3H3. The quantitative estimate of drug-likeness (QED) is 0.499. The highest BCUT2D eigenvalue weighted by Crippen LogP contribution is 2.25. The Hall–Kier alpha value is -2.14. The molecule has 0 atom stereocenters. The molecule has 0 spiro atoms. The molecule has 3 N–H and O–H groups in total. The van der Waals surface area contributed by atoms with Crippen LogP contribution in [0.15, 0.2) is 48.5 Å². The molecule has 0 heterocycles. The fraction of sp³-hybridized carbons (Fsp3) is 0.440. The van der Waals surface area contributed by atoms with Gasteiger partial charge in [-0.15, -0.1) is 0 Å². The summed E-state index contributed by atoms with van der Waals surface area (Å²) in [6.07, 6.45) is 5.34. The first-order chi connectivity index (χ1) is 13.9. The van der Waals surface area contributed by atoms with Crippen LogP contribution in [0, 0.1) is 0 Å². The smallest absolute Gasteiger partial charge is 0.120 e. The van der Waals surface area contributed by atoms with Crippen LogP contribution in [0.2, 0.25) is 0 Å². The molecule has 0 aliphatic heterocycles. The largest absolute Gasteiger partial charge is 0.489 e. The lowest BCUT2D eigenvalue weighted by Gasteiger charge is -2.24. The summed E-state index contributed by atoms with van der Waals surface area (Å²) < 4.78 is 5.94. The molecule has 0 radical (unpaired) electrons. The molecular formula is C25H34O4. The van der Waals surface area contributed by atoms with Gasteiger partial charge in [0.15, 0.2) is 0 Å². The lowest BCUT2D eigenvalue weighted by Crippen LogP contribution is -2.25. The molecule has 0 amide bonds. The number of aliphatic hydroxyl groups excluding tert-OH is 2. The van der Waals surface area contributed by atoms with Crippen LogP contribution in [-0.4, -0.2) is 20.9 Å². The maximum absolute atomic E-state index is 10.4. The van der Waals surface area contributed by atoms with Crippen LogP contribution >= 0.6 is 0 Å². The molecule has 0 aromatic heterocycles. The molecular weight excluding hydrogens is 364 g/mol. The number of hydrogen-bond donors (Lipinski definition) is 3. The maximum Gasteiger partial charge on any atom is 0.120 e. The molecule has 0 aliphatic carbocycles. The van der Waals surface area contributed by atoms with E-state index in [2.05, 4.69) is 19.1 Å². The minimum Gasteiger partial charge on any atom is -0.489 e. The molecule has 0 fully saturated rings. The molecule has 2 aromatic carbocycles. The van der Waals surface area contributed by atoms with Crippen molar-refractivity contribution in [2.24, 2.45) is 0 Å². The molecule has 2 aromatic rings. The van der Waals surface area contributed by atoms with Gasteiger partial charge >= 0.3 is 0 Å². The second-order valence-electron chi connectivity index (χ2n) is 7.59. The van der Waals surface area contributed by atoms with Crippen LogP contribution in [0.1, 0.15) is 68.7 Å². The van der Waals surface area contributed by atoms with Crippen LogP contribution in [0.4, 0.5) is 0 Å². The first-order valence-electron chi connectivity index (χ1n) is 10.4. The summed E-state index contributed by atoms with van der Waals surface area (Å²) in [5.74, 6) is 0.783. The van der Waals surface area contributed by atoms with Gasteiger partial charge in [-0.25, -0.2) is 0 Å². The van der Waals surface area contributed by atoms with E-state index in [-0.39, 0.29) is 13.2 Å². The number of benzene rings is 2. The fourth-order valence-corrected chi connectivity index (χ4v) is 3.35. The van der Waals surface area contributed by atoms with E-state index in [1.165, 1.54) is 5.57 Å². The molecule has 0 unspecified atom stereocenters. The van der Waals surface area contributed by atoms with Crippen LogP contribution in [-0.2, 0) is 19.8 Å². The van der Waals surface area contributed by atoms with Gasteiger partial charge in [-0.1, -0.05) is 44.2 Å².